The summed E-state index contributed by atoms with van der Waals surface area (Å²) in [6, 6.07) is 18.3. The third-order valence-electron chi connectivity index (χ3n) is 4.00. The van der Waals surface area contributed by atoms with E-state index >= 15 is 0 Å². The summed E-state index contributed by atoms with van der Waals surface area (Å²) in [4.78, 5) is 0. The zero-order chi connectivity index (χ0) is 19.2. The third-order valence-corrected chi connectivity index (χ3v) is 4.77. The number of para-hydroxylation sites is 1. The van der Waals surface area contributed by atoms with E-state index in [4.69, 9.17) is 21.0 Å². The molecule has 3 aromatic rings. The summed E-state index contributed by atoms with van der Waals surface area (Å²) in [5.41, 5.74) is 10.7. The van der Waals surface area contributed by atoms with Crippen molar-refractivity contribution in [1.29, 1.82) is 5.41 Å². The molecule has 27 heavy (non-hydrogen) atoms. The van der Waals surface area contributed by atoms with Gasteiger partial charge >= 0.3 is 0 Å². The predicted molar refractivity (Wildman–Crippen MR) is 112 cm³/mol. The molecule has 0 amide bonds. The number of hydrogen-bond acceptors (Lipinski definition) is 4. The molecule has 0 aliphatic heterocycles. The number of hydrogen-bond donors (Lipinski definition) is 2. The van der Waals surface area contributed by atoms with Crippen LogP contribution in [0.4, 0.5) is 0 Å². The van der Waals surface area contributed by atoms with Gasteiger partial charge in [-0.25, -0.2) is 4.68 Å². The first-order valence-electron chi connectivity index (χ1n) is 8.84. The average molecular weight is 381 g/mol. The molecule has 1 heterocycles. The van der Waals surface area contributed by atoms with Crippen LogP contribution in [0.1, 0.15) is 25.0 Å². The largest absolute Gasteiger partial charge is 0.379 e. The number of benzene rings is 2. The number of rotatable bonds is 7. The highest BCUT2D eigenvalue weighted by Gasteiger charge is 2.13. The van der Waals surface area contributed by atoms with Crippen molar-refractivity contribution >= 4 is 16.9 Å². The normalized spacial score (nSPS) is 11.1. The number of nitrogens with zero attached hydrogens (tertiary/aromatic N) is 2. The van der Waals surface area contributed by atoms with Gasteiger partial charge in [0.15, 0.2) is 5.17 Å². The molecular weight excluding hydrogens is 356 g/mol. The van der Waals surface area contributed by atoms with Crippen molar-refractivity contribution in [2.24, 2.45) is 5.73 Å². The quantitative estimate of drug-likeness (QED) is 0.464. The Morgan fingerprint density at radius 3 is 2.48 bits per heavy atom. The molecule has 0 saturated carbocycles. The molecule has 0 spiro atoms. The van der Waals surface area contributed by atoms with E-state index in [0.717, 1.165) is 28.1 Å². The Kier molecular flexibility index (Phi) is 6.32. The molecular formula is C21H24N4OS. The van der Waals surface area contributed by atoms with Gasteiger partial charge in [-0.05, 0) is 31.5 Å². The van der Waals surface area contributed by atoms with Gasteiger partial charge in [0.2, 0.25) is 0 Å². The second kappa shape index (κ2) is 8.88. The fourth-order valence-electron chi connectivity index (χ4n) is 2.65. The summed E-state index contributed by atoms with van der Waals surface area (Å²) in [5, 5.41) is 12.4. The lowest BCUT2D eigenvalue weighted by atomic mass is 10.1. The molecule has 0 aliphatic rings. The van der Waals surface area contributed by atoms with Gasteiger partial charge in [0, 0.05) is 23.1 Å². The van der Waals surface area contributed by atoms with Crippen molar-refractivity contribution in [2.45, 2.75) is 32.3 Å². The maximum atomic E-state index is 7.50. The van der Waals surface area contributed by atoms with Crippen LogP contribution in [0.5, 0.6) is 0 Å². The smallest absolute Gasteiger partial charge is 0.151 e. The van der Waals surface area contributed by atoms with E-state index < -0.39 is 0 Å². The first kappa shape index (κ1) is 19.2. The average Bonchev–Trinajstić information content (AvgIpc) is 3.10. The second-order valence-corrected chi connectivity index (χ2v) is 7.51. The van der Waals surface area contributed by atoms with E-state index in [0.29, 0.717) is 12.4 Å². The molecule has 6 heteroatoms. The summed E-state index contributed by atoms with van der Waals surface area (Å²) in [6.07, 6.45) is 2.22. The number of nitrogens with one attached hydrogen (secondary N) is 1. The maximum absolute atomic E-state index is 7.50. The lowest BCUT2D eigenvalue weighted by molar-refractivity contribution is 0.0657. The molecule has 1 aromatic heterocycles. The van der Waals surface area contributed by atoms with E-state index in [1.807, 2.05) is 55.1 Å². The zero-order valence-corrected chi connectivity index (χ0v) is 16.4. The Hall–Kier alpha value is -2.57. The van der Waals surface area contributed by atoms with Gasteiger partial charge < -0.3 is 10.5 Å². The van der Waals surface area contributed by atoms with Crippen LogP contribution in [0.2, 0.25) is 0 Å². The molecule has 0 radical (unpaired) electrons. The maximum Gasteiger partial charge on any atom is 0.151 e. The van der Waals surface area contributed by atoms with Gasteiger partial charge in [-0.3, -0.25) is 5.41 Å². The van der Waals surface area contributed by atoms with Gasteiger partial charge in [-0.1, -0.05) is 54.2 Å². The molecule has 0 atom stereocenters. The Morgan fingerprint density at radius 1 is 1.15 bits per heavy atom. The molecule has 2 aromatic carbocycles. The van der Waals surface area contributed by atoms with E-state index in [1.54, 1.807) is 0 Å². The minimum absolute atomic E-state index is 0.106. The molecule has 0 unspecified atom stereocenters. The van der Waals surface area contributed by atoms with Crippen LogP contribution in [0.3, 0.4) is 0 Å². The molecule has 5 nitrogen and oxygen atoms in total. The van der Waals surface area contributed by atoms with E-state index in [2.05, 4.69) is 24.3 Å². The van der Waals surface area contributed by atoms with Crippen molar-refractivity contribution in [2.75, 3.05) is 0 Å². The Morgan fingerprint density at radius 2 is 1.85 bits per heavy atom. The molecule has 140 valence electrons. The topological polar surface area (TPSA) is 76.9 Å². The highest BCUT2D eigenvalue weighted by Crippen LogP contribution is 2.27. The highest BCUT2D eigenvalue weighted by molar-refractivity contribution is 8.13. The fraction of sp³-hybridized carbons (Fsp3) is 0.238. The van der Waals surface area contributed by atoms with Crippen molar-refractivity contribution in [3.05, 3.63) is 71.9 Å². The molecule has 3 N–H and O–H groups in total. The van der Waals surface area contributed by atoms with E-state index in [-0.39, 0.29) is 11.3 Å². The third kappa shape index (κ3) is 5.21. The van der Waals surface area contributed by atoms with Gasteiger partial charge in [0.25, 0.3) is 0 Å². The second-order valence-electron chi connectivity index (χ2n) is 6.49. The number of aromatic nitrogens is 2. The fourth-order valence-corrected chi connectivity index (χ4v) is 3.17. The Balaban J connectivity index is 1.90. The van der Waals surface area contributed by atoms with Crippen LogP contribution in [0, 0.1) is 5.41 Å². The summed E-state index contributed by atoms with van der Waals surface area (Å²) in [7, 11) is 0. The monoisotopic (exact) mass is 380 g/mol. The van der Waals surface area contributed by atoms with Crippen molar-refractivity contribution in [3.63, 3.8) is 0 Å². The van der Waals surface area contributed by atoms with Crippen LogP contribution < -0.4 is 5.73 Å². The molecule has 0 fully saturated rings. The van der Waals surface area contributed by atoms with Crippen LogP contribution in [-0.4, -0.2) is 21.1 Å². The molecule has 3 rings (SSSR count). The number of amidine groups is 1. The lowest BCUT2D eigenvalue weighted by Gasteiger charge is -2.08. The van der Waals surface area contributed by atoms with Gasteiger partial charge in [0.1, 0.15) is 0 Å². The van der Waals surface area contributed by atoms with E-state index in [1.165, 1.54) is 11.8 Å². The number of ether oxygens (including phenoxy) is 1. The van der Waals surface area contributed by atoms with Crippen LogP contribution >= 0.6 is 11.8 Å². The summed E-state index contributed by atoms with van der Waals surface area (Å²) in [6.45, 7) is 4.66. The molecule has 0 bridgehead atoms. The standard InChI is InChI=1S/C21H24N4OS/c1-15(2)26-13-16-8-10-17(11-9-16)20-18(14-27-21(22)23)12-25(24-20)19-6-4-3-5-7-19/h3-12,15H,13-14H2,1-2H3,(H3,22,23). The van der Waals surface area contributed by atoms with Crippen molar-refractivity contribution in [1.82, 2.24) is 9.78 Å². The molecule has 0 aliphatic carbocycles. The van der Waals surface area contributed by atoms with Crippen molar-refractivity contribution < 1.29 is 4.74 Å². The minimum atomic E-state index is 0.106. The van der Waals surface area contributed by atoms with Gasteiger partial charge in [-0.15, -0.1) is 0 Å². The Bertz CT molecular complexity index is 888. The SMILES string of the molecule is CC(C)OCc1ccc(-c2nn(-c3ccccc3)cc2CSC(=N)N)cc1. The Labute approximate surface area is 164 Å². The predicted octanol–water partition coefficient (Wildman–Crippen LogP) is 4.59. The van der Waals surface area contributed by atoms with E-state index in [9.17, 15) is 0 Å². The van der Waals surface area contributed by atoms with Crippen molar-refractivity contribution in [3.8, 4) is 16.9 Å². The summed E-state index contributed by atoms with van der Waals surface area (Å²) in [5.74, 6) is 0.607. The number of thioether (sulfide) groups is 1. The summed E-state index contributed by atoms with van der Waals surface area (Å²) < 4.78 is 7.54. The highest BCUT2D eigenvalue weighted by atomic mass is 32.2. The first-order chi connectivity index (χ1) is 13.0. The van der Waals surface area contributed by atoms with Crippen LogP contribution in [-0.2, 0) is 17.1 Å². The lowest BCUT2D eigenvalue weighted by Crippen LogP contribution is -2.03. The van der Waals surface area contributed by atoms with Gasteiger partial charge in [-0.2, -0.15) is 5.10 Å². The summed E-state index contributed by atoms with van der Waals surface area (Å²) >= 11 is 1.30. The molecule has 0 saturated heterocycles. The zero-order valence-electron chi connectivity index (χ0n) is 15.6. The van der Waals surface area contributed by atoms with Gasteiger partial charge in [0.05, 0.1) is 24.1 Å². The number of nitrogens with two attached hydrogens (primary N) is 1. The minimum Gasteiger partial charge on any atom is -0.379 e. The van der Waals surface area contributed by atoms with Crippen LogP contribution in [0.15, 0.2) is 60.8 Å². The first-order valence-corrected chi connectivity index (χ1v) is 9.83. The van der Waals surface area contributed by atoms with Crippen LogP contribution in [0.25, 0.3) is 16.9 Å².